The van der Waals surface area contributed by atoms with Gasteiger partial charge in [-0.3, -0.25) is 9.48 Å². The van der Waals surface area contributed by atoms with Crippen LogP contribution in [0.2, 0.25) is 0 Å². The molecule has 8 heteroatoms. The number of carboxylic acid groups (broad SMARTS) is 1. The van der Waals surface area contributed by atoms with Crippen molar-refractivity contribution < 1.29 is 14.7 Å². The van der Waals surface area contributed by atoms with Crippen molar-refractivity contribution in [3.8, 4) is 0 Å². The van der Waals surface area contributed by atoms with Gasteiger partial charge in [-0.05, 0) is 5.41 Å². The summed E-state index contributed by atoms with van der Waals surface area (Å²) in [6, 6.07) is 0. The highest BCUT2D eigenvalue weighted by Crippen LogP contribution is 2.44. The summed E-state index contributed by atoms with van der Waals surface area (Å²) in [4.78, 5) is 23.6. The number of primary amides is 1. The number of rotatable bonds is 2. The molecule has 20 heavy (non-hydrogen) atoms. The second kappa shape index (κ2) is 4.12. The molecule has 1 aliphatic heterocycles. The SMILES string of the molecule is CC(C)(C)C1(n2cc(N)c(C(N)=O)n2)CN(C(=O)O)C1. The van der Waals surface area contributed by atoms with Crippen molar-refractivity contribution in [2.45, 2.75) is 26.3 Å². The van der Waals surface area contributed by atoms with E-state index in [1.54, 1.807) is 10.9 Å². The number of carbonyl (C=O) groups is 2. The van der Waals surface area contributed by atoms with Crippen LogP contribution in [0, 0.1) is 5.41 Å². The van der Waals surface area contributed by atoms with Gasteiger partial charge in [-0.15, -0.1) is 0 Å². The Kier molecular flexibility index (Phi) is 2.92. The summed E-state index contributed by atoms with van der Waals surface area (Å²) in [6.07, 6.45) is 0.574. The largest absolute Gasteiger partial charge is 0.465 e. The maximum atomic E-state index is 11.3. The van der Waals surface area contributed by atoms with Crippen LogP contribution in [0.3, 0.4) is 0 Å². The molecule has 1 aromatic heterocycles. The highest BCUT2D eigenvalue weighted by Gasteiger charge is 2.55. The molecule has 1 aromatic rings. The van der Waals surface area contributed by atoms with Crippen LogP contribution in [0.5, 0.6) is 0 Å². The van der Waals surface area contributed by atoms with E-state index < -0.39 is 17.5 Å². The molecule has 0 aromatic carbocycles. The third-order valence-electron chi connectivity index (χ3n) is 3.99. The standard InChI is InChI=1S/C12H19N5O3/c1-11(2,3)12(5-16(6-12)10(19)20)17-4-7(13)8(15-17)9(14)18/h4H,5-6,13H2,1-3H3,(H2,14,18)(H,19,20). The zero-order valence-electron chi connectivity index (χ0n) is 11.8. The molecule has 110 valence electrons. The van der Waals surface area contributed by atoms with Gasteiger partial charge in [0.2, 0.25) is 0 Å². The fourth-order valence-electron chi connectivity index (χ4n) is 2.48. The van der Waals surface area contributed by atoms with Crippen molar-refractivity contribution in [2.75, 3.05) is 18.8 Å². The summed E-state index contributed by atoms with van der Waals surface area (Å²) in [7, 11) is 0. The van der Waals surface area contributed by atoms with Crippen molar-refractivity contribution in [1.29, 1.82) is 0 Å². The molecule has 1 aliphatic rings. The van der Waals surface area contributed by atoms with Gasteiger partial charge >= 0.3 is 6.09 Å². The molecule has 0 bridgehead atoms. The topological polar surface area (TPSA) is 127 Å². The summed E-state index contributed by atoms with van der Waals surface area (Å²) in [6.45, 7) is 6.58. The lowest BCUT2D eigenvalue weighted by Crippen LogP contribution is -2.69. The molecular weight excluding hydrogens is 262 g/mol. The van der Waals surface area contributed by atoms with Gasteiger partial charge in [0.05, 0.1) is 18.8 Å². The molecule has 5 N–H and O–H groups in total. The lowest BCUT2D eigenvalue weighted by molar-refractivity contribution is -0.0614. The number of nitrogens with zero attached hydrogens (tertiary/aromatic N) is 3. The number of aromatic nitrogens is 2. The van der Waals surface area contributed by atoms with E-state index in [4.69, 9.17) is 16.6 Å². The average molecular weight is 281 g/mol. The molecule has 0 radical (unpaired) electrons. The summed E-state index contributed by atoms with van der Waals surface area (Å²) < 4.78 is 1.59. The van der Waals surface area contributed by atoms with Gasteiger partial charge < -0.3 is 21.5 Å². The van der Waals surface area contributed by atoms with Crippen LogP contribution < -0.4 is 11.5 Å². The first-order valence-corrected chi connectivity index (χ1v) is 6.22. The summed E-state index contributed by atoms with van der Waals surface area (Å²) in [5, 5.41) is 13.2. The molecule has 0 aliphatic carbocycles. The van der Waals surface area contributed by atoms with Crippen molar-refractivity contribution in [3.63, 3.8) is 0 Å². The third-order valence-corrected chi connectivity index (χ3v) is 3.99. The first kappa shape index (κ1) is 14.2. The Labute approximate surface area is 116 Å². The van der Waals surface area contributed by atoms with Crippen LogP contribution in [0.1, 0.15) is 31.3 Å². The third kappa shape index (κ3) is 1.87. The normalized spacial score (nSPS) is 17.6. The second-order valence-electron chi connectivity index (χ2n) is 6.16. The second-order valence-corrected chi connectivity index (χ2v) is 6.16. The van der Waals surface area contributed by atoms with Crippen LogP contribution in [-0.4, -0.2) is 44.9 Å². The van der Waals surface area contributed by atoms with Crippen molar-refractivity contribution >= 4 is 17.7 Å². The summed E-state index contributed by atoms with van der Waals surface area (Å²) >= 11 is 0. The highest BCUT2D eigenvalue weighted by atomic mass is 16.4. The fraction of sp³-hybridized carbons (Fsp3) is 0.583. The Morgan fingerprint density at radius 2 is 1.95 bits per heavy atom. The van der Waals surface area contributed by atoms with E-state index in [0.29, 0.717) is 13.1 Å². The zero-order chi connectivity index (χ0) is 15.3. The number of hydrogen-bond acceptors (Lipinski definition) is 4. The lowest BCUT2D eigenvalue weighted by Gasteiger charge is -2.55. The molecule has 2 rings (SSSR count). The predicted octanol–water partition coefficient (Wildman–Crippen LogP) is 0.299. The van der Waals surface area contributed by atoms with Gasteiger partial charge in [0.15, 0.2) is 5.69 Å². The average Bonchev–Trinajstić information content (AvgIpc) is 2.55. The Morgan fingerprint density at radius 3 is 2.30 bits per heavy atom. The lowest BCUT2D eigenvalue weighted by atomic mass is 9.68. The van der Waals surface area contributed by atoms with E-state index in [1.165, 1.54) is 4.90 Å². The van der Waals surface area contributed by atoms with Gasteiger partial charge in [-0.2, -0.15) is 5.10 Å². The van der Waals surface area contributed by atoms with E-state index in [9.17, 15) is 9.59 Å². The molecule has 8 nitrogen and oxygen atoms in total. The van der Waals surface area contributed by atoms with Gasteiger partial charge in [-0.25, -0.2) is 4.79 Å². The number of nitrogen functional groups attached to an aromatic ring is 1. The number of hydrogen-bond donors (Lipinski definition) is 3. The number of nitrogens with two attached hydrogens (primary N) is 2. The Morgan fingerprint density at radius 1 is 1.40 bits per heavy atom. The van der Waals surface area contributed by atoms with E-state index in [-0.39, 0.29) is 16.8 Å². The van der Waals surface area contributed by atoms with E-state index in [1.807, 2.05) is 20.8 Å². The molecule has 0 atom stereocenters. The summed E-state index contributed by atoms with van der Waals surface area (Å²) in [5.74, 6) is -0.695. The van der Waals surface area contributed by atoms with Crippen LogP contribution in [-0.2, 0) is 5.54 Å². The number of anilines is 1. The zero-order valence-corrected chi connectivity index (χ0v) is 11.8. The minimum atomic E-state index is -0.972. The predicted molar refractivity (Wildman–Crippen MR) is 72.2 cm³/mol. The smallest absolute Gasteiger partial charge is 0.407 e. The van der Waals surface area contributed by atoms with E-state index in [2.05, 4.69) is 5.10 Å². The minimum Gasteiger partial charge on any atom is -0.465 e. The van der Waals surface area contributed by atoms with Crippen molar-refractivity contribution in [3.05, 3.63) is 11.9 Å². The van der Waals surface area contributed by atoms with Crippen LogP contribution in [0.15, 0.2) is 6.20 Å². The van der Waals surface area contributed by atoms with Gasteiger partial charge in [0, 0.05) is 6.20 Å². The molecule has 1 fully saturated rings. The Bertz CT molecular complexity index is 566. The molecular formula is C12H19N5O3. The fourth-order valence-corrected chi connectivity index (χ4v) is 2.48. The number of carbonyl (C=O) groups excluding carboxylic acids is 1. The Balaban J connectivity index is 2.43. The van der Waals surface area contributed by atoms with Gasteiger partial charge in [0.25, 0.3) is 5.91 Å². The molecule has 0 spiro atoms. The maximum absolute atomic E-state index is 11.3. The molecule has 1 saturated heterocycles. The monoisotopic (exact) mass is 281 g/mol. The number of amides is 2. The van der Waals surface area contributed by atoms with Crippen LogP contribution in [0.4, 0.5) is 10.5 Å². The summed E-state index contributed by atoms with van der Waals surface area (Å²) in [5.41, 5.74) is 10.4. The first-order chi connectivity index (χ1) is 9.08. The maximum Gasteiger partial charge on any atom is 0.407 e. The molecule has 0 unspecified atom stereocenters. The van der Waals surface area contributed by atoms with Crippen LogP contribution in [0.25, 0.3) is 0 Å². The van der Waals surface area contributed by atoms with Crippen molar-refractivity contribution in [2.24, 2.45) is 11.1 Å². The quantitative estimate of drug-likeness (QED) is 0.718. The van der Waals surface area contributed by atoms with Gasteiger partial charge in [0.1, 0.15) is 5.54 Å². The van der Waals surface area contributed by atoms with Crippen molar-refractivity contribution in [1.82, 2.24) is 14.7 Å². The minimum absolute atomic E-state index is 0.0161. The van der Waals surface area contributed by atoms with E-state index in [0.717, 1.165) is 0 Å². The van der Waals surface area contributed by atoms with Crippen LogP contribution >= 0.6 is 0 Å². The van der Waals surface area contributed by atoms with Gasteiger partial charge in [-0.1, -0.05) is 20.8 Å². The first-order valence-electron chi connectivity index (χ1n) is 6.22. The molecule has 2 amide bonds. The number of likely N-dealkylation sites (tertiary alicyclic amines) is 1. The highest BCUT2D eigenvalue weighted by molar-refractivity contribution is 5.95. The molecule has 0 saturated carbocycles. The van der Waals surface area contributed by atoms with E-state index >= 15 is 0 Å². The Hall–Kier alpha value is -2.25. The molecule has 2 heterocycles.